The van der Waals surface area contributed by atoms with Gasteiger partial charge < -0.3 is 15.1 Å². The molecule has 0 radical (unpaired) electrons. The molecule has 0 aliphatic carbocycles. The maximum atomic E-state index is 10.5. The Balaban J connectivity index is 2.65. The Labute approximate surface area is 69.8 Å². The van der Waals surface area contributed by atoms with E-state index in [-0.39, 0.29) is 0 Å². The zero-order chi connectivity index (χ0) is 9.14. The van der Waals surface area contributed by atoms with E-state index in [1.807, 2.05) is 0 Å². The van der Waals surface area contributed by atoms with Crippen LogP contribution >= 0.6 is 0 Å². The molecule has 1 saturated heterocycles. The first-order valence-electron chi connectivity index (χ1n) is 3.74. The van der Waals surface area contributed by atoms with Crippen LogP contribution in [0, 0.1) is 11.3 Å². The fraction of sp³-hybridized carbons (Fsp3) is 0.714. The van der Waals surface area contributed by atoms with Gasteiger partial charge in [0.1, 0.15) is 0 Å². The minimum Gasteiger partial charge on any atom is -0.465 e. The number of nitriles is 1. The number of carboxylic acid groups (broad SMARTS) is 1. The molecule has 0 bridgehead atoms. The summed E-state index contributed by atoms with van der Waals surface area (Å²) in [6.45, 7) is 0.415. The first kappa shape index (κ1) is 8.81. The largest absolute Gasteiger partial charge is 0.465 e. The molecule has 2 N–H and O–H groups in total. The van der Waals surface area contributed by atoms with E-state index in [1.54, 1.807) is 6.07 Å². The van der Waals surface area contributed by atoms with Gasteiger partial charge in [-0.25, -0.2) is 4.79 Å². The van der Waals surface area contributed by atoms with Crippen LogP contribution in [0.1, 0.15) is 12.8 Å². The summed E-state index contributed by atoms with van der Waals surface area (Å²) in [6.07, 6.45) is -0.966. The average Bonchev–Trinajstić information content (AvgIpc) is 2.50. The molecule has 1 amide bonds. The quantitative estimate of drug-likeness (QED) is 0.543. The molecule has 0 aromatic carbocycles. The topological polar surface area (TPSA) is 84.6 Å². The van der Waals surface area contributed by atoms with Crippen LogP contribution in [0.2, 0.25) is 0 Å². The predicted molar refractivity (Wildman–Crippen MR) is 39.4 cm³/mol. The van der Waals surface area contributed by atoms with Gasteiger partial charge in [-0.15, -0.1) is 0 Å². The normalized spacial score (nSPS) is 25.0. The summed E-state index contributed by atoms with van der Waals surface area (Å²) in [6, 6.07) is 1.11. The number of likely N-dealkylation sites (tertiary alicyclic amines) is 1. The number of carbonyl (C=O) groups is 1. The van der Waals surface area contributed by atoms with Gasteiger partial charge in [-0.05, 0) is 12.8 Å². The van der Waals surface area contributed by atoms with E-state index in [2.05, 4.69) is 0 Å². The van der Waals surface area contributed by atoms with Gasteiger partial charge >= 0.3 is 6.09 Å². The van der Waals surface area contributed by atoms with E-state index >= 15 is 0 Å². The molecule has 1 unspecified atom stereocenters. The Morgan fingerprint density at radius 1 is 1.75 bits per heavy atom. The summed E-state index contributed by atoms with van der Waals surface area (Å²) in [5, 5.41) is 26.1. The third-order valence-electron chi connectivity index (χ3n) is 2.04. The van der Waals surface area contributed by atoms with Crippen LogP contribution in [0.25, 0.3) is 0 Å². The van der Waals surface area contributed by atoms with Gasteiger partial charge in [-0.2, -0.15) is 5.26 Å². The Hall–Kier alpha value is -1.28. The van der Waals surface area contributed by atoms with Gasteiger partial charge in [0.15, 0.2) is 6.10 Å². The fourth-order valence-electron chi connectivity index (χ4n) is 1.44. The molecule has 0 saturated carbocycles. The van der Waals surface area contributed by atoms with Gasteiger partial charge in [0.25, 0.3) is 0 Å². The number of aliphatic hydroxyl groups is 1. The highest BCUT2D eigenvalue weighted by Gasteiger charge is 2.33. The zero-order valence-electron chi connectivity index (χ0n) is 6.47. The second-order valence-electron chi connectivity index (χ2n) is 2.76. The van der Waals surface area contributed by atoms with Gasteiger partial charge in [0, 0.05) is 6.54 Å². The van der Waals surface area contributed by atoms with E-state index in [4.69, 9.17) is 15.5 Å². The van der Waals surface area contributed by atoms with Crippen molar-refractivity contribution in [2.45, 2.75) is 25.0 Å². The molecule has 5 nitrogen and oxygen atoms in total. The van der Waals surface area contributed by atoms with Crippen molar-refractivity contribution in [1.29, 1.82) is 5.26 Å². The third-order valence-corrected chi connectivity index (χ3v) is 2.04. The Kier molecular flexibility index (Phi) is 2.51. The lowest BCUT2D eigenvalue weighted by atomic mass is 10.1. The zero-order valence-corrected chi connectivity index (χ0v) is 6.47. The van der Waals surface area contributed by atoms with Gasteiger partial charge in [-0.3, -0.25) is 0 Å². The van der Waals surface area contributed by atoms with Crippen LogP contribution in [0.3, 0.4) is 0 Å². The molecule has 1 aliphatic rings. The molecule has 1 fully saturated rings. The van der Waals surface area contributed by atoms with Gasteiger partial charge in [0.2, 0.25) is 0 Å². The van der Waals surface area contributed by atoms with Crippen LogP contribution in [0.5, 0.6) is 0 Å². The van der Waals surface area contributed by atoms with Crippen LogP contribution in [0.4, 0.5) is 4.79 Å². The van der Waals surface area contributed by atoms with E-state index in [0.29, 0.717) is 13.0 Å². The van der Waals surface area contributed by atoms with Gasteiger partial charge in [0.05, 0.1) is 12.1 Å². The summed E-state index contributed by atoms with van der Waals surface area (Å²) in [5.41, 5.74) is 0. The molecule has 1 rings (SSSR count). The number of amides is 1. The van der Waals surface area contributed by atoms with Crippen LogP contribution < -0.4 is 0 Å². The second-order valence-corrected chi connectivity index (χ2v) is 2.76. The molecule has 0 spiro atoms. The third kappa shape index (κ3) is 1.48. The minimum absolute atomic E-state index is 0.415. The maximum absolute atomic E-state index is 10.5. The highest BCUT2D eigenvalue weighted by atomic mass is 16.4. The summed E-state index contributed by atoms with van der Waals surface area (Å²) < 4.78 is 0. The molecular formula is C7H10N2O3. The molecule has 66 valence electrons. The lowest BCUT2D eigenvalue weighted by Gasteiger charge is -2.21. The Bertz CT molecular complexity index is 223. The van der Waals surface area contributed by atoms with Crippen LogP contribution in [0.15, 0.2) is 0 Å². The maximum Gasteiger partial charge on any atom is 0.407 e. The molecule has 1 aliphatic heterocycles. The van der Waals surface area contributed by atoms with Crippen molar-refractivity contribution in [2.75, 3.05) is 6.54 Å². The van der Waals surface area contributed by atoms with Crippen molar-refractivity contribution < 1.29 is 15.0 Å². The first-order chi connectivity index (χ1) is 5.66. The van der Waals surface area contributed by atoms with Gasteiger partial charge in [-0.1, -0.05) is 0 Å². The smallest absolute Gasteiger partial charge is 0.407 e. The van der Waals surface area contributed by atoms with E-state index < -0.39 is 18.2 Å². The SMILES string of the molecule is N#C[C@H](O)C1CCCN1C(=O)O. The summed E-state index contributed by atoms with van der Waals surface area (Å²) in [7, 11) is 0. The monoisotopic (exact) mass is 170 g/mol. The number of hydrogen-bond acceptors (Lipinski definition) is 3. The van der Waals surface area contributed by atoms with Crippen molar-refractivity contribution in [3.63, 3.8) is 0 Å². The predicted octanol–water partition coefficient (Wildman–Crippen LogP) is 0.0133. The van der Waals surface area contributed by atoms with Crippen molar-refractivity contribution in [3.05, 3.63) is 0 Å². The standard InChI is InChI=1S/C7H10N2O3/c8-4-6(10)5-2-1-3-9(5)7(11)12/h5-6,10H,1-3H2,(H,11,12)/t5?,6-/m0/s1. The number of hydrogen-bond donors (Lipinski definition) is 2. The highest BCUT2D eigenvalue weighted by molar-refractivity contribution is 5.66. The average molecular weight is 170 g/mol. The molecule has 5 heteroatoms. The minimum atomic E-state index is -1.19. The lowest BCUT2D eigenvalue weighted by molar-refractivity contribution is 0.0948. The van der Waals surface area contributed by atoms with Crippen LogP contribution in [-0.4, -0.2) is 39.9 Å². The molecule has 1 heterocycles. The van der Waals surface area contributed by atoms with E-state index in [0.717, 1.165) is 11.3 Å². The van der Waals surface area contributed by atoms with E-state index in [9.17, 15) is 4.79 Å². The Morgan fingerprint density at radius 3 is 2.92 bits per heavy atom. The lowest BCUT2D eigenvalue weighted by Crippen LogP contribution is -2.41. The molecular weight excluding hydrogens is 160 g/mol. The Morgan fingerprint density at radius 2 is 2.42 bits per heavy atom. The van der Waals surface area contributed by atoms with Crippen molar-refractivity contribution in [3.8, 4) is 6.07 Å². The molecule has 0 aromatic heterocycles. The summed E-state index contributed by atoms with van der Waals surface area (Å²) in [5.74, 6) is 0. The van der Waals surface area contributed by atoms with Crippen molar-refractivity contribution in [1.82, 2.24) is 4.90 Å². The van der Waals surface area contributed by atoms with E-state index in [1.165, 1.54) is 0 Å². The van der Waals surface area contributed by atoms with Crippen molar-refractivity contribution in [2.24, 2.45) is 0 Å². The molecule has 0 aromatic rings. The highest BCUT2D eigenvalue weighted by Crippen LogP contribution is 2.19. The van der Waals surface area contributed by atoms with Crippen molar-refractivity contribution >= 4 is 6.09 Å². The molecule has 2 atom stereocenters. The molecule has 12 heavy (non-hydrogen) atoms. The summed E-state index contributed by atoms with van der Waals surface area (Å²) in [4.78, 5) is 11.7. The number of aliphatic hydroxyl groups excluding tert-OH is 1. The number of rotatable bonds is 1. The number of nitrogens with zero attached hydrogens (tertiary/aromatic N) is 2. The van der Waals surface area contributed by atoms with Crippen LogP contribution in [-0.2, 0) is 0 Å². The first-order valence-corrected chi connectivity index (χ1v) is 3.74. The second kappa shape index (κ2) is 3.41. The fourth-order valence-corrected chi connectivity index (χ4v) is 1.44. The summed E-state index contributed by atoms with van der Waals surface area (Å²) >= 11 is 0.